The van der Waals surface area contributed by atoms with E-state index in [4.69, 9.17) is 11.0 Å². The topological polar surface area (TPSA) is 66.9 Å². The minimum atomic E-state index is -0.0775. The highest BCUT2D eigenvalue weighted by Crippen LogP contribution is 2.13. The Morgan fingerprint density at radius 2 is 2.25 bits per heavy atom. The Morgan fingerprint density at radius 3 is 2.75 bits per heavy atom. The molecule has 0 aliphatic carbocycles. The molecule has 1 aromatic rings. The predicted octanol–water partition coefficient (Wildman–Crippen LogP) is 1.37. The van der Waals surface area contributed by atoms with Crippen molar-refractivity contribution >= 4 is 19.5 Å². The summed E-state index contributed by atoms with van der Waals surface area (Å²) in [6.07, 6.45) is 0. The summed E-state index contributed by atoms with van der Waals surface area (Å²) in [4.78, 5) is 0. The molecule has 0 fully saturated rings. The van der Waals surface area contributed by atoms with Gasteiger partial charge in [-0.25, -0.2) is 0 Å². The summed E-state index contributed by atoms with van der Waals surface area (Å²) < 4.78 is 10.6. The van der Waals surface area contributed by atoms with E-state index in [0.29, 0.717) is 16.6 Å². The van der Waals surface area contributed by atoms with Gasteiger partial charge in [-0.15, -0.1) is 0 Å². The second kappa shape index (κ2) is 3.34. The molecule has 0 amide bonds. The van der Waals surface area contributed by atoms with Gasteiger partial charge in [0.2, 0.25) is 0 Å². The summed E-state index contributed by atoms with van der Waals surface area (Å²) in [6.45, 7) is 1.80. The Labute approximate surface area is 72.0 Å². The van der Waals surface area contributed by atoms with Gasteiger partial charge in [0, 0.05) is 11.0 Å². The lowest BCUT2D eigenvalue weighted by atomic mass is 10.1. The van der Waals surface area contributed by atoms with Crippen molar-refractivity contribution in [2.45, 2.75) is 6.92 Å². The van der Waals surface area contributed by atoms with Crippen LogP contribution in [0.1, 0.15) is 11.1 Å². The predicted molar refractivity (Wildman–Crippen MR) is 47.5 cm³/mol. The van der Waals surface area contributed by atoms with Gasteiger partial charge in [-0.2, -0.15) is 5.26 Å². The van der Waals surface area contributed by atoms with Crippen molar-refractivity contribution in [3.8, 4) is 6.07 Å². The largest absolute Gasteiger partial charge is 0.398 e. The minimum Gasteiger partial charge on any atom is -0.398 e. The van der Waals surface area contributed by atoms with Crippen LogP contribution in [0.25, 0.3) is 0 Å². The molecule has 0 saturated carbocycles. The third-order valence-corrected chi connectivity index (χ3v) is 2.27. The van der Waals surface area contributed by atoms with Gasteiger partial charge < -0.3 is 5.73 Å². The van der Waals surface area contributed by atoms with Crippen molar-refractivity contribution in [2.24, 2.45) is 0 Å². The van der Waals surface area contributed by atoms with Crippen LogP contribution in [0, 0.1) is 18.3 Å². The molecule has 3 nitrogen and oxygen atoms in total. The summed E-state index contributed by atoms with van der Waals surface area (Å²) >= 11 is 0. The van der Waals surface area contributed by atoms with Gasteiger partial charge in [0.05, 0.1) is 5.56 Å². The van der Waals surface area contributed by atoms with Gasteiger partial charge in [-0.3, -0.25) is 4.57 Å². The van der Waals surface area contributed by atoms with E-state index < -0.39 is 0 Å². The van der Waals surface area contributed by atoms with Crippen molar-refractivity contribution < 1.29 is 4.57 Å². The fourth-order valence-corrected chi connectivity index (χ4v) is 1.30. The molecule has 4 heteroatoms. The number of aryl methyl sites for hydroxylation is 1. The normalized spacial score (nSPS) is 9.67. The van der Waals surface area contributed by atoms with E-state index in [2.05, 4.69) is 0 Å². The molecule has 0 aromatic heterocycles. The Kier molecular flexibility index (Phi) is 2.42. The van der Waals surface area contributed by atoms with E-state index in [1.165, 1.54) is 0 Å². The SMILES string of the molecule is Cc1cc(N)c(C#N)cc1P=O. The number of nitriles is 1. The standard InChI is InChI=1S/C8H7N2OP/c1-5-2-7(10)6(4-9)3-8(5)12-11/h2-3H,10H2,1H3. The number of nitrogens with zero attached hydrogens (tertiary/aromatic N) is 1. The first kappa shape index (κ1) is 8.70. The Morgan fingerprint density at radius 1 is 1.58 bits per heavy atom. The van der Waals surface area contributed by atoms with E-state index in [0.717, 1.165) is 5.56 Å². The number of hydrogen-bond acceptors (Lipinski definition) is 3. The summed E-state index contributed by atoms with van der Waals surface area (Å²) in [5, 5.41) is 9.21. The van der Waals surface area contributed by atoms with Crippen molar-refractivity contribution in [1.82, 2.24) is 0 Å². The van der Waals surface area contributed by atoms with Crippen LogP contribution in [0.15, 0.2) is 12.1 Å². The van der Waals surface area contributed by atoms with Crippen LogP contribution in [0.3, 0.4) is 0 Å². The first-order chi connectivity index (χ1) is 5.69. The molecule has 0 atom stereocenters. The Balaban J connectivity index is 3.39. The van der Waals surface area contributed by atoms with E-state index in [1.54, 1.807) is 19.1 Å². The third kappa shape index (κ3) is 1.44. The molecule has 0 aliphatic heterocycles. The minimum absolute atomic E-state index is 0.0775. The summed E-state index contributed by atoms with van der Waals surface area (Å²) in [7, 11) is -0.0775. The van der Waals surface area contributed by atoms with Crippen molar-refractivity contribution in [1.29, 1.82) is 5.26 Å². The number of rotatable bonds is 1. The summed E-state index contributed by atoms with van der Waals surface area (Å²) in [6, 6.07) is 5.12. The lowest BCUT2D eigenvalue weighted by molar-refractivity contribution is 0.603. The average molecular weight is 178 g/mol. The molecule has 2 N–H and O–H groups in total. The number of anilines is 1. The fourth-order valence-electron chi connectivity index (χ4n) is 0.914. The lowest BCUT2D eigenvalue weighted by Gasteiger charge is -2.00. The van der Waals surface area contributed by atoms with Crippen LogP contribution in [-0.4, -0.2) is 0 Å². The first-order valence-electron chi connectivity index (χ1n) is 3.32. The monoisotopic (exact) mass is 178 g/mol. The second-order valence-corrected chi connectivity index (χ2v) is 3.09. The molecule has 12 heavy (non-hydrogen) atoms. The highest BCUT2D eigenvalue weighted by atomic mass is 31.1. The third-order valence-electron chi connectivity index (χ3n) is 1.59. The van der Waals surface area contributed by atoms with Gasteiger partial charge in [-0.05, 0) is 24.6 Å². The zero-order valence-electron chi connectivity index (χ0n) is 6.53. The maximum Gasteiger partial charge on any atom is 0.192 e. The first-order valence-corrected chi connectivity index (χ1v) is 4.14. The van der Waals surface area contributed by atoms with E-state index in [1.807, 2.05) is 6.07 Å². The van der Waals surface area contributed by atoms with Crippen LogP contribution in [0.5, 0.6) is 0 Å². The van der Waals surface area contributed by atoms with Gasteiger partial charge in [0.25, 0.3) is 0 Å². The molecule has 0 saturated heterocycles. The fraction of sp³-hybridized carbons (Fsp3) is 0.125. The van der Waals surface area contributed by atoms with Crippen LogP contribution < -0.4 is 11.0 Å². The summed E-state index contributed by atoms with van der Waals surface area (Å²) in [5.41, 5.74) is 7.17. The van der Waals surface area contributed by atoms with Crippen LogP contribution in [-0.2, 0) is 4.57 Å². The molecule has 0 spiro atoms. The van der Waals surface area contributed by atoms with E-state index in [-0.39, 0.29) is 8.46 Å². The molecule has 0 bridgehead atoms. The quantitative estimate of drug-likeness (QED) is 0.521. The molecule has 1 aromatic carbocycles. The molecule has 60 valence electrons. The van der Waals surface area contributed by atoms with Gasteiger partial charge in [-0.1, -0.05) is 0 Å². The molecular formula is C8H7N2OP. The molecule has 0 heterocycles. The van der Waals surface area contributed by atoms with E-state index >= 15 is 0 Å². The van der Waals surface area contributed by atoms with Gasteiger partial charge >= 0.3 is 0 Å². The molecule has 1 rings (SSSR count). The smallest absolute Gasteiger partial charge is 0.192 e. The van der Waals surface area contributed by atoms with Crippen LogP contribution in [0.4, 0.5) is 5.69 Å². The lowest BCUT2D eigenvalue weighted by Crippen LogP contribution is -2.02. The van der Waals surface area contributed by atoms with Gasteiger partial charge in [0.15, 0.2) is 8.46 Å². The highest BCUT2D eigenvalue weighted by Gasteiger charge is 2.03. The van der Waals surface area contributed by atoms with Crippen molar-refractivity contribution in [3.63, 3.8) is 0 Å². The van der Waals surface area contributed by atoms with E-state index in [9.17, 15) is 4.57 Å². The number of benzene rings is 1. The second-order valence-electron chi connectivity index (χ2n) is 2.43. The molecule has 0 radical (unpaired) electrons. The number of nitrogen functional groups attached to an aromatic ring is 1. The maximum atomic E-state index is 10.6. The number of hydrogen-bond donors (Lipinski definition) is 1. The highest BCUT2D eigenvalue weighted by molar-refractivity contribution is 7.34. The van der Waals surface area contributed by atoms with Crippen molar-refractivity contribution in [3.05, 3.63) is 23.3 Å². The van der Waals surface area contributed by atoms with Crippen molar-refractivity contribution in [2.75, 3.05) is 5.73 Å². The summed E-state index contributed by atoms with van der Waals surface area (Å²) in [5.74, 6) is 0. The Hall–Kier alpha value is -1.39. The van der Waals surface area contributed by atoms with Gasteiger partial charge in [0.1, 0.15) is 6.07 Å². The molecule has 0 aliphatic rings. The molecular weight excluding hydrogens is 171 g/mol. The maximum absolute atomic E-state index is 10.6. The van der Waals surface area contributed by atoms with Crippen LogP contribution in [0.2, 0.25) is 0 Å². The Bertz CT molecular complexity index is 368. The van der Waals surface area contributed by atoms with Crippen LogP contribution >= 0.6 is 8.46 Å². The average Bonchev–Trinajstić information content (AvgIpc) is 2.05. The zero-order chi connectivity index (χ0) is 9.14. The zero-order valence-corrected chi connectivity index (χ0v) is 7.43. The molecule has 0 unspecified atom stereocenters. The number of nitrogens with two attached hydrogens (primary N) is 1.